The smallest absolute Gasteiger partial charge is 0.256 e. The number of nitrogens with zero attached hydrogens (tertiary/aromatic N) is 6. The first-order valence-corrected chi connectivity index (χ1v) is 10.8. The molecule has 0 aliphatic rings. The SMILES string of the molecule is Cc1nn(-c2ccc(Nc3ccc(NC(=O)Cn4cnc(C)c(C)c4=O)cc3)nn2)c(C)c1C. The van der Waals surface area contributed by atoms with Crippen molar-refractivity contribution in [1.82, 2.24) is 29.5 Å². The van der Waals surface area contributed by atoms with Crippen molar-refractivity contribution >= 4 is 23.1 Å². The second-order valence-corrected chi connectivity index (χ2v) is 8.12. The number of nitrogens with one attached hydrogen (secondary N) is 2. The van der Waals surface area contributed by atoms with E-state index in [9.17, 15) is 9.59 Å². The largest absolute Gasteiger partial charge is 0.339 e. The minimum atomic E-state index is -0.311. The Hall–Kier alpha value is -4.34. The van der Waals surface area contributed by atoms with E-state index < -0.39 is 0 Å². The zero-order valence-electron chi connectivity index (χ0n) is 19.7. The third-order valence-electron chi connectivity index (χ3n) is 5.79. The highest BCUT2D eigenvalue weighted by Crippen LogP contribution is 2.19. The summed E-state index contributed by atoms with van der Waals surface area (Å²) in [6, 6.07) is 10.9. The third-order valence-corrected chi connectivity index (χ3v) is 5.79. The summed E-state index contributed by atoms with van der Waals surface area (Å²) in [4.78, 5) is 28.8. The van der Waals surface area contributed by atoms with E-state index in [1.165, 1.54) is 10.9 Å². The minimum absolute atomic E-state index is 0.107. The molecule has 0 aliphatic carbocycles. The predicted octanol–water partition coefficient (Wildman–Crippen LogP) is 3.14. The molecule has 3 aromatic heterocycles. The van der Waals surface area contributed by atoms with E-state index in [2.05, 4.69) is 30.9 Å². The van der Waals surface area contributed by atoms with Gasteiger partial charge in [-0.1, -0.05) is 0 Å². The van der Waals surface area contributed by atoms with Crippen LogP contribution in [0.4, 0.5) is 17.2 Å². The van der Waals surface area contributed by atoms with Gasteiger partial charge in [0, 0.05) is 28.3 Å². The van der Waals surface area contributed by atoms with Gasteiger partial charge in [0.25, 0.3) is 5.56 Å². The van der Waals surface area contributed by atoms with Gasteiger partial charge in [0.2, 0.25) is 5.91 Å². The van der Waals surface area contributed by atoms with E-state index in [1.807, 2.05) is 45.0 Å². The maximum Gasteiger partial charge on any atom is 0.256 e. The first-order valence-electron chi connectivity index (χ1n) is 10.8. The van der Waals surface area contributed by atoms with Crippen molar-refractivity contribution in [3.8, 4) is 5.82 Å². The average Bonchev–Trinajstić information content (AvgIpc) is 3.08. The average molecular weight is 459 g/mol. The second-order valence-electron chi connectivity index (χ2n) is 8.12. The van der Waals surface area contributed by atoms with E-state index in [-0.39, 0.29) is 18.0 Å². The number of benzene rings is 1. The van der Waals surface area contributed by atoms with Crippen molar-refractivity contribution in [1.29, 1.82) is 0 Å². The third kappa shape index (κ3) is 4.70. The van der Waals surface area contributed by atoms with Crippen LogP contribution in [-0.2, 0) is 11.3 Å². The van der Waals surface area contributed by atoms with Crippen LogP contribution in [0.5, 0.6) is 0 Å². The van der Waals surface area contributed by atoms with Crippen LogP contribution in [0.2, 0.25) is 0 Å². The molecule has 0 atom stereocenters. The molecular formula is C24H26N8O2. The molecule has 2 N–H and O–H groups in total. The van der Waals surface area contributed by atoms with Gasteiger partial charge in [-0.25, -0.2) is 9.67 Å². The van der Waals surface area contributed by atoms with Crippen LogP contribution >= 0.6 is 0 Å². The molecule has 0 saturated carbocycles. The van der Waals surface area contributed by atoms with Crippen LogP contribution in [0, 0.1) is 34.6 Å². The number of hydrogen-bond donors (Lipinski definition) is 2. The lowest BCUT2D eigenvalue weighted by atomic mass is 10.2. The normalized spacial score (nSPS) is 10.9. The molecule has 3 heterocycles. The lowest BCUT2D eigenvalue weighted by Crippen LogP contribution is -2.29. The summed E-state index contributed by atoms with van der Waals surface area (Å²) >= 11 is 0. The van der Waals surface area contributed by atoms with E-state index >= 15 is 0 Å². The van der Waals surface area contributed by atoms with Crippen LogP contribution in [0.25, 0.3) is 5.82 Å². The second kappa shape index (κ2) is 9.26. The topological polar surface area (TPSA) is 120 Å². The Morgan fingerprint density at radius 2 is 1.59 bits per heavy atom. The maximum atomic E-state index is 12.4. The lowest BCUT2D eigenvalue weighted by molar-refractivity contribution is -0.116. The van der Waals surface area contributed by atoms with Crippen LogP contribution in [0.3, 0.4) is 0 Å². The first kappa shape index (κ1) is 22.8. The van der Waals surface area contributed by atoms with Gasteiger partial charge in [-0.3, -0.25) is 14.2 Å². The van der Waals surface area contributed by atoms with Crippen LogP contribution in [-0.4, -0.2) is 35.4 Å². The molecule has 0 spiro atoms. The molecule has 174 valence electrons. The number of carbonyl (C=O) groups excluding carboxylic acids is 1. The van der Waals surface area contributed by atoms with Gasteiger partial charge < -0.3 is 10.6 Å². The molecule has 1 aromatic carbocycles. The van der Waals surface area contributed by atoms with Gasteiger partial charge in [0.1, 0.15) is 6.54 Å². The van der Waals surface area contributed by atoms with Crippen molar-refractivity contribution in [3.63, 3.8) is 0 Å². The summed E-state index contributed by atoms with van der Waals surface area (Å²) in [5.74, 6) is 0.921. The van der Waals surface area contributed by atoms with E-state index in [0.717, 1.165) is 22.6 Å². The standard InChI is InChI=1S/C24H26N8O2/c1-14-17(4)30-32(18(14)5)22-11-10-21(28-29-22)26-19-6-8-20(9-7-19)27-23(33)12-31-13-25-16(3)15(2)24(31)34/h6-11,13H,12H2,1-5H3,(H,26,28)(H,27,33). The van der Waals surface area contributed by atoms with Crippen LogP contribution < -0.4 is 16.2 Å². The molecule has 10 heteroatoms. The molecule has 0 fully saturated rings. The molecule has 1 amide bonds. The summed E-state index contributed by atoms with van der Waals surface area (Å²) in [6.07, 6.45) is 1.39. The molecular weight excluding hydrogens is 432 g/mol. The van der Waals surface area contributed by atoms with E-state index in [1.54, 1.807) is 30.7 Å². The summed E-state index contributed by atoms with van der Waals surface area (Å²) < 4.78 is 3.07. The van der Waals surface area contributed by atoms with Crippen molar-refractivity contribution in [2.75, 3.05) is 10.6 Å². The van der Waals surface area contributed by atoms with Crippen molar-refractivity contribution in [2.45, 2.75) is 41.2 Å². The highest BCUT2D eigenvalue weighted by atomic mass is 16.2. The van der Waals surface area contributed by atoms with Gasteiger partial charge in [-0.2, -0.15) is 5.10 Å². The molecule has 0 bridgehead atoms. The van der Waals surface area contributed by atoms with Crippen molar-refractivity contribution in [2.24, 2.45) is 0 Å². The zero-order chi connectivity index (χ0) is 24.4. The van der Waals surface area contributed by atoms with Gasteiger partial charge in [-0.15, -0.1) is 10.2 Å². The molecule has 0 saturated heterocycles. The lowest BCUT2D eigenvalue weighted by Gasteiger charge is -2.10. The summed E-state index contributed by atoms with van der Waals surface area (Å²) in [7, 11) is 0. The fourth-order valence-electron chi connectivity index (χ4n) is 3.38. The Labute approximate surface area is 196 Å². The summed E-state index contributed by atoms with van der Waals surface area (Å²) in [6.45, 7) is 9.35. The number of aromatic nitrogens is 6. The number of hydrogen-bond acceptors (Lipinski definition) is 7. The van der Waals surface area contributed by atoms with Crippen molar-refractivity contribution < 1.29 is 4.79 Å². The zero-order valence-corrected chi connectivity index (χ0v) is 19.7. The van der Waals surface area contributed by atoms with E-state index in [4.69, 9.17) is 0 Å². The molecule has 10 nitrogen and oxygen atoms in total. The van der Waals surface area contributed by atoms with Gasteiger partial charge >= 0.3 is 0 Å². The molecule has 4 aromatic rings. The fourth-order valence-corrected chi connectivity index (χ4v) is 3.38. The Morgan fingerprint density at radius 3 is 2.21 bits per heavy atom. The summed E-state index contributed by atoms with van der Waals surface area (Å²) in [5.41, 5.74) is 5.50. The minimum Gasteiger partial charge on any atom is -0.339 e. The van der Waals surface area contributed by atoms with Gasteiger partial charge in [0.05, 0.1) is 12.0 Å². The van der Waals surface area contributed by atoms with Crippen molar-refractivity contribution in [3.05, 3.63) is 81.3 Å². The Balaban J connectivity index is 1.38. The predicted molar refractivity (Wildman–Crippen MR) is 130 cm³/mol. The quantitative estimate of drug-likeness (QED) is 0.455. The number of carbonyl (C=O) groups is 1. The molecule has 0 radical (unpaired) electrons. The highest BCUT2D eigenvalue weighted by molar-refractivity contribution is 5.90. The monoisotopic (exact) mass is 458 g/mol. The number of amides is 1. The molecule has 4 rings (SSSR count). The first-order chi connectivity index (χ1) is 16.2. The Bertz CT molecular complexity index is 1400. The van der Waals surface area contributed by atoms with E-state index in [0.29, 0.717) is 28.6 Å². The highest BCUT2D eigenvalue weighted by Gasteiger charge is 2.11. The maximum absolute atomic E-state index is 12.4. The van der Waals surface area contributed by atoms with Crippen LogP contribution in [0.15, 0.2) is 47.5 Å². The number of anilines is 3. The Morgan fingerprint density at radius 1 is 0.882 bits per heavy atom. The summed E-state index contributed by atoms with van der Waals surface area (Å²) in [5, 5.41) is 19.0. The van der Waals surface area contributed by atoms with Gasteiger partial charge in [-0.05, 0) is 76.6 Å². The fraction of sp³-hybridized carbons (Fsp3) is 0.250. The Kier molecular flexibility index (Phi) is 6.22. The number of rotatable bonds is 6. The number of aryl methyl sites for hydroxylation is 2. The van der Waals surface area contributed by atoms with Gasteiger partial charge in [0.15, 0.2) is 11.6 Å². The molecule has 0 aliphatic heterocycles. The molecule has 0 unspecified atom stereocenters. The van der Waals surface area contributed by atoms with Crippen LogP contribution in [0.1, 0.15) is 28.2 Å². The molecule has 34 heavy (non-hydrogen) atoms.